The Labute approximate surface area is 155 Å². The second kappa shape index (κ2) is 9.04. The molecule has 9 heteroatoms. The zero-order valence-electron chi connectivity index (χ0n) is 15.3. The minimum absolute atomic E-state index is 0.318. The molecule has 0 aliphatic heterocycles. The zero-order valence-corrected chi connectivity index (χ0v) is 16.1. The van der Waals surface area contributed by atoms with Gasteiger partial charge >= 0.3 is 5.97 Å². The monoisotopic (exact) mass is 379 g/mol. The van der Waals surface area contributed by atoms with Crippen LogP contribution in [0.2, 0.25) is 0 Å². The van der Waals surface area contributed by atoms with Crippen LogP contribution in [0.25, 0.3) is 0 Å². The minimum Gasteiger partial charge on any atom is -0.493 e. The molecular weight excluding hydrogens is 358 g/mol. The first-order chi connectivity index (χ1) is 12.5. The first-order valence-electron chi connectivity index (χ1n) is 7.77. The van der Waals surface area contributed by atoms with Gasteiger partial charge in [0.2, 0.25) is 10.9 Å². The number of nitrogens with one attached hydrogen (secondary N) is 1. The number of nitrogens with zero attached hydrogens (tertiary/aromatic N) is 2. The molecule has 1 heterocycles. The maximum absolute atomic E-state index is 11.8. The average Bonchev–Trinajstić information content (AvgIpc) is 3.01. The molecular formula is C17H21N3O5S. The van der Waals surface area contributed by atoms with E-state index in [9.17, 15) is 4.79 Å². The van der Waals surface area contributed by atoms with Gasteiger partial charge in [-0.1, -0.05) is 11.3 Å². The van der Waals surface area contributed by atoms with Crippen LogP contribution < -0.4 is 19.6 Å². The standard InChI is InChI=1S/C17H21N3O5S/c1-6-25-16(21)15-10(2)19-17(26-15)20-18-9-11-7-12(22-3)14(24-5)13(8-11)23-4/h7-9H,6H2,1-5H3,(H,19,20)/b18-9-. The van der Waals surface area contributed by atoms with Gasteiger partial charge in [-0.05, 0) is 26.0 Å². The van der Waals surface area contributed by atoms with Crippen LogP contribution in [0, 0.1) is 6.92 Å². The number of carbonyl (C=O) groups excluding carboxylic acids is 1. The van der Waals surface area contributed by atoms with E-state index in [0.29, 0.717) is 39.6 Å². The van der Waals surface area contributed by atoms with Crippen molar-refractivity contribution in [2.75, 3.05) is 33.4 Å². The third-order valence-electron chi connectivity index (χ3n) is 3.32. The summed E-state index contributed by atoms with van der Waals surface area (Å²) in [5.41, 5.74) is 4.15. The van der Waals surface area contributed by atoms with Gasteiger partial charge in [0.1, 0.15) is 4.88 Å². The number of hydrogen-bond acceptors (Lipinski definition) is 9. The molecule has 0 aliphatic carbocycles. The van der Waals surface area contributed by atoms with E-state index >= 15 is 0 Å². The Morgan fingerprint density at radius 1 is 1.23 bits per heavy atom. The van der Waals surface area contributed by atoms with E-state index in [4.69, 9.17) is 18.9 Å². The predicted molar refractivity (Wildman–Crippen MR) is 100 cm³/mol. The lowest BCUT2D eigenvalue weighted by atomic mass is 10.2. The summed E-state index contributed by atoms with van der Waals surface area (Å²) in [4.78, 5) is 16.5. The van der Waals surface area contributed by atoms with Crippen molar-refractivity contribution >= 4 is 28.7 Å². The van der Waals surface area contributed by atoms with Gasteiger partial charge in [0.05, 0.1) is 39.8 Å². The number of anilines is 1. The number of methoxy groups -OCH3 is 3. The van der Waals surface area contributed by atoms with Crippen molar-refractivity contribution in [1.82, 2.24) is 4.98 Å². The Morgan fingerprint density at radius 2 is 1.88 bits per heavy atom. The molecule has 0 spiro atoms. The number of aromatic nitrogens is 1. The first kappa shape index (κ1) is 19.5. The van der Waals surface area contributed by atoms with E-state index < -0.39 is 0 Å². The van der Waals surface area contributed by atoms with Crippen molar-refractivity contribution in [1.29, 1.82) is 0 Å². The van der Waals surface area contributed by atoms with Crippen LogP contribution in [0.5, 0.6) is 17.2 Å². The highest BCUT2D eigenvalue weighted by atomic mass is 32.1. The number of thiazole rings is 1. The fourth-order valence-corrected chi connectivity index (χ4v) is 2.98. The van der Waals surface area contributed by atoms with Gasteiger partial charge < -0.3 is 18.9 Å². The fourth-order valence-electron chi connectivity index (χ4n) is 2.17. The average molecular weight is 379 g/mol. The van der Waals surface area contributed by atoms with Crippen molar-refractivity contribution in [3.8, 4) is 17.2 Å². The molecule has 0 saturated carbocycles. The smallest absolute Gasteiger partial charge is 0.350 e. The number of aryl methyl sites for hydroxylation is 1. The Hall–Kier alpha value is -2.81. The third-order valence-corrected chi connectivity index (χ3v) is 4.36. The number of carbonyl (C=O) groups is 1. The van der Waals surface area contributed by atoms with Gasteiger partial charge in [0.15, 0.2) is 11.5 Å². The van der Waals surface area contributed by atoms with Crippen LogP contribution in [-0.4, -0.2) is 45.1 Å². The molecule has 0 unspecified atom stereocenters. The summed E-state index contributed by atoms with van der Waals surface area (Å²) in [6.45, 7) is 3.82. The van der Waals surface area contributed by atoms with E-state index in [2.05, 4.69) is 15.5 Å². The summed E-state index contributed by atoms with van der Waals surface area (Å²) < 4.78 is 20.9. The van der Waals surface area contributed by atoms with E-state index in [-0.39, 0.29) is 5.97 Å². The molecule has 1 aromatic carbocycles. The maximum Gasteiger partial charge on any atom is 0.350 e. The van der Waals surface area contributed by atoms with Gasteiger partial charge in [-0.15, -0.1) is 0 Å². The van der Waals surface area contributed by atoms with E-state index in [0.717, 1.165) is 5.56 Å². The molecule has 0 amide bonds. The summed E-state index contributed by atoms with van der Waals surface area (Å²) in [5, 5.41) is 4.64. The quantitative estimate of drug-likeness (QED) is 0.428. The van der Waals surface area contributed by atoms with Crippen LogP contribution in [0.1, 0.15) is 27.9 Å². The third kappa shape index (κ3) is 4.42. The Balaban J connectivity index is 2.16. The highest BCUT2D eigenvalue weighted by Crippen LogP contribution is 2.37. The van der Waals surface area contributed by atoms with Gasteiger partial charge in [0, 0.05) is 5.56 Å². The molecule has 1 N–H and O–H groups in total. The topological polar surface area (TPSA) is 91.3 Å². The summed E-state index contributed by atoms with van der Waals surface area (Å²) in [6, 6.07) is 3.54. The van der Waals surface area contributed by atoms with Crippen LogP contribution in [0.15, 0.2) is 17.2 Å². The van der Waals surface area contributed by atoms with Gasteiger partial charge in [-0.25, -0.2) is 9.78 Å². The lowest BCUT2D eigenvalue weighted by Gasteiger charge is -2.12. The van der Waals surface area contributed by atoms with E-state index in [1.54, 1.807) is 53.5 Å². The van der Waals surface area contributed by atoms with Gasteiger partial charge in [-0.3, -0.25) is 5.43 Å². The molecule has 0 bridgehead atoms. The first-order valence-corrected chi connectivity index (χ1v) is 8.59. The fraction of sp³-hybridized carbons (Fsp3) is 0.353. The molecule has 0 radical (unpaired) electrons. The number of rotatable bonds is 8. The lowest BCUT2D eigenvalue weighted by Crippen LogP contribution is -2.03. The lowest BCUT2D eigenvalue weighted by molar-refractivity contribution is 0.0531. The molecule has 8 nitrogen and oxygen atoms in total. The predicted octanol–water partition coefficient (Wildman–Crippen LogP) is 3.10. The highest BCUT2D eigenvalue weighted by molar-refractivity contribution is 7.17. The second-order valence-corrected chi connectivity index (χ2v) is 5.98. The Morgan fingerprint density at radius 3 is 2.42 bits per heavy atom. The number of esters is 1. The number of ether oxygens (including phenoxy) is 4. The molecule has 2 rings (SSSR count). The molecule has 0 aliphatic rings. The van der Waals surface area contributed by atoms with Crippen LogP contribution in [-0.2, 0) is 4.74 Å². The Bertz CT molecular complexity index is 779. The molecule has 0 fully saturated rings. The molecule has 0 atom stereocenters. The Kier molecular flexibility index (Phi) is 6.79. The second-order valence-electron chi connectivity index (χ2n) is 4.98. The highest BCUT2D eigenvalue weighted by Gasteiger charge is 2.16. The van der Waals surface area contributed by atoms with Crippen molar-refractivity contribution in [3.63, 3.8) is 0 Å². The molecule has 140 valence electrons. The van der Waals surface area contributed by atoms with Crippen molar-refractivity contribution in [3.05, 3.63) is 28.3 Å². The maximum atomic E-state index is 11.8. The summed E-state index contributed by atoms with van der Waals surface area (Å²) in [7, 11) is 4.64. The summed E-state index contributed by atoms with van der Waals surface area (Å²) in [6.07, 6.45) is 1.59. The van der Waals surface area contributed by atoms with Crippen molar-refractivity contribution in [2.45, 2.75) is 13.8 Å². The van der Waals surface area contributed by atoms with Crippen LogP contribution in [0.3, 0.4) is 0 Å². The summed E-state index contributed by atoms with van der Waals surface area (Å²) >= 11 is 1.18. The molecule has 1 aromatic heterocycles. The SMILES string of the molecule is CCOC(=O)c1sc(N/N=C\c2cc(OC)c(OC)c(OC)c2)nc1C. The largest absolute Gasteiger partial charge is 0.493 e. The van der Waals surface area contributed by atoms with Crippen LogP contribution in [0.4, 0.5) is 5.13 Å². The van der Waals surface area contributed by atoms with Crippen molar-refractivity contribution in [2.24, 2.45) is 5.10 Å². The van der Waals surface area contributed by atoms with Gasteiger partial charge in [-0.2, -0.15) is 5.10 Å². The molecule has 2 aromatic rings. The van der Waals surface area contributed by atoms with E-state index in [1.807, 2.05) is 0 Å². The van der Waals surface area contributed by atoms with Gasteiger partial charge in [0.25, 0.3) is 0 Å². The normalized spacial score (nSPS) is 10.7. The van der Waals surface area contributed by atoms with Crippen LogP contribution >= 0.6 is 11.3 Å². The van der Waals surface area contributed by atoms with Crippen molar-refractivity contribution < 1.29 is 23.7 Å². The number of benzene rings is 1. The minimum atomic E-state index is -0.385. The molecule has 26 heavy (non-hydrogen) atoms. The number of hydrazone groups is 1. The molecule has 0 saturated heterocycles. The summed E-state index contributed by atoms with van der Waals surface area (Å²) in [5.74, 6) is 1.19. The van der Waals surface area contributed by atoms with E-state index in [1.165, 1.54) is 11.3 Å². The number of hydrogen-bond donors (Lipinski definition) is 1. The zero-order chi connectivity index (χ0) is 19.1.